The second kappa shape index (κ2) is 0.515. The summed E-state index contributed by atoms with van der Waals surface area (Å²) in [6.07, 6.45) is 3.19. The molecule has 0 spiro atoms. The molecule has 0 saturated heterocycles. The molecule has 0 aliphatic heterocycles. The maximum absolute atomic E-state index is 3.72. The van der Waals surface area contributed by atoms with Gasteiger partial charge in [0.25, 0.3) is 0 Å². The second-order valence-electron chi connectivity index (χ2n) is 1.77. The van der Waals surface area contributed by atoms with Gasteiger partial charge in [0.1, 0.15) is 0 Å². The summed E-state index contributed by atoms with van der Waals surface area (Å²) in [7, 11) is 0. The van der Waals surface area contributed by atoms with Gasteiger partial charge >= 0.3 is 0 Å². The molecule has 1 rings (SSSR count). The summed E-state index contributed by atoms with van der Waals surface area (Å²) in [6, 6.07) is 0. The molecule has 0 aromatic heterocycles. The van der Waals surface area contributed by atoms with E-state index in [0.717, 1.165) is 6.42 Å². The van der Waals surface area contributed by atoms with E-state index in [-0.39, 0.29) is 5.41 Å². The lowest BCUT2D eigenvalue weighted by Crippen LogP contribution is -1.77. The molecule has 0 N–H and O–H groups in total. The van der Waals surface area contributed by atoms with E-state index in [1.54, 1.807) is 0 Å². The van der Waals surface area contributed by atoms with E-state index >= 15 is 0 Å². The van der Waals surface area contributed by atoms with Crippen LogP contribution in [0.3, 0.4) is 0 Å². The summed E-state index contributed by atoms with van der Waals surface area (Å²) in [5.74, 6) is 0. The van der Waals surface area contributed by atoms with Crippen molar-refractivity contribution < 1.29 is 0 Å². The SMILES string of the molecule is [CH2+]C1([CH2-])[CH]C1. The van der Waals surface area contributed by atoms with Gasteiger partial charge in [0.05, 0.1) is 0 Å². The van der Waals surface area contributed by atoms with Crippen LogP contribution in [-0.4, -0.2) is 0 Å². The Kier molecular flexibility index (Phi) is 0.317. The lowest BCUT2D eigenvalue weighted by atomic mass is 10.2. The third kappa shape index (κ3) is 0.571. The monoisotopic (exact) mass is 67.1 g/mol. The summed E-state index contributed by atoms with van der Waals surface area (Å²) in [5.41, 5.74) is 0.125. The lowest BCUT2D eigenvalue weighted by Gasteiger charge is -1.87. The van der Waals surface area contributed by atoms with Crippen molar-refractivity contribution in [2.75, 3.05) is 0 Å². The van der Waals surface area contributed by atoms with Gasteiger partial charge < -0.3 is 0 Å². The predicted octanol–water partition coefficient (Wildman–Crippen LogP) is 1.25. The minimum atomic E-state index is 0.125. The number of hydrogen-bond acceptors (Lipinski definition) is 0. The summed E-state index contributed by atoms with van der Waals surface area (Å²) >= 11 is 0. The Bertz CT molecular complexity index is 38.0. The second-order valence-corrected chi connectivity index (χ2v) is 1.77. The number of rotatable bonds is 0. The molecule has 1 saturated carbocycles. The van der Waals surface area contributed by atoms with Crippen molar-refractivity contribution in [2.45, 2.75) is 6.42 Å². The van der Waals surface area contributed by atoms with Crippen LogP contribution in [-0.2, 0) is 0 Å². The van der Waals surface area contributed by atoms with Crippen LogP contribution in [0.25, 0.3) is 0 Å². The first kappa shape index (κ1) is 3.08. The lowest BCUT2D eigenvalue weighted by molar-refractivity contribution is 0.885. The topological polar surface area (TPSA) is 0 Å². The number of hydrogen-bond donors (Lipinski definition) is 0. The Labute approximate surface area is 33.2 Å². The highest BCUT2D eigenvalue weighted by molar-refractivity contribution is 5.13. The molecule has 0 heterocycles. The molecule has 1 aliphatic rings. The van der Waals surface area contributed by atoms with Gasteiger partial charge in [-0.1, -0.05) is 0 Å². The third-order valence-corrected chi connectivity index (χ3v) is 0.781. The molecule has 0 nitrogen and oxygen atoms in total. The Morgan fingerprint density at radius 2 is 2.20 bits per heavy atom. The standard InChI is InChI=1S/C5H7/c1-5(2)3-4-5/h3H,1-2,4H2. The maximum atomic E-state index is 3.72. The molecule has 1 fully saturated rings. The molecule has 0 aromatic rings. The Hall–Kier alpha value is -0.130. The maximum Gasteiger partial charge on any atom is 0.0366 e. The Balaban J connectivity index is 2.38. The fourth-order valence-electron chi connectivity index (χ4n) is 0.144. The summed E-state index contributed by atoms with van der Waals surface area (Å²) in [6.45, 7) is 7.43. The van der Waals surface area contributed by atoms with Gasteiger partial charge in [0.15, 0.2) is 0 Å². The first-order valence-electron chi connectivity index (χ1n) is 1.76. The first-order chi connectivity index (χ1) is 2.21. The molecule has 27 valence electrons. The van der Waals surface area contributed by atoms with Crippen molar-refractivity contribution >= 4 is 0 Å². The highest BCUT2D eigenvalue weighted by atomic mass is 14.4. The molecule has 0 amide bonds. The minimum absolute atomic E-state index is 0.125. The zero-order valence-corrected chi connectivity index (χ0v) is 3.20. The Morgan fingerprint density at radius 3 is 2.20 bits per heavy atom. The van der Waals surface area contributed by atoms with Gasteiger partial charge in [0.2, 0.25) is 0 Å². The normalized spacial score (nSPS) is 29.8. The van der Waals surface area contributed by atoms with Gasteiger partial charge in [0, 0.05) is 6.92 Å². The quantitative estimate of drug-likeness (QED) is 0.374. The molecular weight excluding hydrogens is 60.1 g/mol. The van der Waals surface area contributed by atoms with E-state index < -0.39 is 0 Å². The highest BCUT2D eigenvalue weighted by Crippen LogP contribution is 2.41. The molecule has 0 bridgehead atoms. The predicted molar refractivity (Wildman–Crippen MR) is 22.1 cm³/mol. The van der Waals surface area contributed by atoms with E-state index in [9.17, 15) is 0 Å². The summed E-state index contributed by atoms with van der Waals surface area (Å²) in [4.78, 5) is 0. The molecule has 0 unspecified atom stereocenters. The highest BCUT2D eigenvalue weighted by Gasteiger charge is 2.31. The van der Waals surface area contributed by atoms with E-state index in [0.29, 0.717) is 0 Å². The van der Waals surface area contributed by atoms with Gasteiger partial charge in [-0.3, -0.25) is 6.92 Å². The minimum Gasteiger partial charge on any atom is -0.293 e. The zero-order valence-electron chi connectivity index (χ0n) is 3.20. The average molecular weight is 67.1 g/mol. The van der Waals surface area contributed by atoms with Crippen molar-refractivity contribution in [3.8, 4) is 0 Å². The van der Waals surface area contributed by atoms with Crippen molar-refractivity contribution in [3.05, 3.63) is 20.3 Å². The van der Waals surface area contributed by atoms with Crippen LogP contribution in [0.15, 0.2) is 0 Å². The zero-order chi connectivity index (χ0) is 3.91. The van der Waals surface area contributed by atoms with Crippen molar-refractivity contribution in [2.24, 2.45) is 5.41 Å². The summed E-state index contributed by atoms with van der Waals surface area (Å²) in [5, 5.41) is 0. The van der Waals surface area contributed by atoms with Gasteiger partial charge in [-0.05, 0) is 18.3 Å². The molecular formula is C5H7. The first-order valence-corrected chi connectivity index (χ1v) is 1.76. The van der Waals surface area contributed by atoms with Crippen molar-refractivity contribution in [3.63, 3.8) is 0 Å². The molecule has 5 heavy (non-hydrogen) atoms. The van der Waals surface area contributed by atoms with Crippen LogP contribution < -0.4 is 0 Å². The fraction of sp³-hybridized carbons (Fsp3) is 0.400. The average Bonchev–Trinajstić information content (AvgIpc) is 1.76. The van der Waals surface area contributed by atoms with Gasteiger partial charge in [-0.2, -0.15) is 0 Å². The van der Waals surface area contributed by atoms with E-state index in [2.05, 4.69) is 20.3 Å². The largest absolute Gasteiger partial charge is 0.293 e. The van der Waals surface area contributed by atoms with E-state index in [1.165, 1.54) is 0 Å². The van der Waals surface area contributed by atoms with Crippen LogP contribution in [0.1, 0.15) is 6.42 Å². The van der Waals surface area contributed by atoms with Gasteiger partial charge in [-0.25, -0.2) is 0 Å². The molecule has 0 aromatic carbocycles. The Morgan fingerprint density at radius 1 is 2.00 bits per heavy atom. The van der Waals surface area contributed by atoms with Gasteiger partial charge in [-0.15, -0.1) is 0 Å². The third-order valence-electron chi connectivity index (χ3n) is 0.781. The van der Waals surface area contributed by atoms with Crippen molar-refractivity contribution in [1.82, 2.24) is 0 Å². The summed E-state index contributed by atoms with van der Waals surface area (Å²) < 4.78 is 0. The van der Waals surface area contributed by atoms with E-state index in [1.807, 2.05) is 0 Å². The van der Waals surface area contributed by atoms with Crippen LogP contribution in [0, 0.1) is 25.7 Å². The fourth-order valence-corrected chi connectivity index (χ4v) is 0.144. The van der Waals surface area contributed by atoms with Crippen LogP contribution in [0.2, 0.25) is 0 Å². The van der Waals surface area contributed by atoms with Crippen LogP contribution in [0.4, 0.5) is 0 Å². The van der Waals surface area contributed by atoms with Crippen molar-refractivity contribution in [1.29, 1.82) is 0 Å². The molecule has 1 radical (unpaired) electrons. The molecule has 0 atom stereocenters. The van der Waals surface area contributed by atoms with Crippen LogP contribution >= 0.6 is 0 Å². The van der Waals surface area contributed by atoms with E-state index in [4.69, 9.17) is 0 Å². The smallest absolute Gasteiger partial charge is 0.0366 e. The molecule has 1 aliphatic carbocycles. The molecule has 0 heteroatoms. The van der Waals surface area contributed by atoms with Crippen LogP contribution in [0.5, 0.6) is 0 Å².